The monoisotopic (exact) mass is 292 g/mol. The first-order valence-electron chi connectivity index (χ1n) is 9.68. The molecule has 21 heavy (non-hydrogen) atoms. The molecule has 0 bridgehead atoms. The lowest BCUT2D eigenvalue weighted by atomic mass is 9.88. The number of hydrogen-bond donors (Lipinski definition) is 1. The number of likely N-dealkylation sites (tertiary alicyclic amines) is 1. The summed E-state index contributed by atoms with van der Waals surface area (Å²) in [6.07, 6.45) is 13.2. The Morgan fingerprint density at radius 2 is 1.76 bits per heavy atom. The van der Waals surface area contributed by atoms with Gasteiger partial charge in [-0.15, -0.1) is 0 Å². The van der Waals surface area contributed by atoms with Gasteiger partial charge in [-0.3, -0.25) is 4.90 Å². The fraction of sp³-hybridized carbons (Fsp3) is 1.00. The quantitative estimate of drug-likeness (QED) is 0.761. The highest BCUT2D eigenvalue weighted by Gasteiger charge is 2.35. The lowest BCUT2D eigenvalue weighted by molar-refractivity contribution is 0.0927. The Morgan fingerprint density at radius 1 is 1.00 bits per heavy atom. The standard InChI is InChI=1S/C19H36N2/c1-15(2)9-10-20-18-12-17(11-16-7-8-16)13-21(14-18)19-5-3-4-6-19/h15-20H,3-14H2,1-2H3. The minimum absolute atomic E-state index is 0.766. The van der Waals surface area contributed by atoms with E-state index in [9.17, 15) is 0 Å². The average Bonchev–Trinajstić information content (AvgIpc) is 3.08. The van der Waals surface area contributed by atoms with Crippen LogP contribution in [0.2, 0.25) is 0 Å². The molecule has 0 aromatic carbocycles. The van der Waals surface area contributed by atoms with Gasteiger partial charge in [0.1, 0.15) is 0 Å². The zero-order valence-electron chi connectivity index (χ0n) is 14.3. The molecule has 2 atom stereocenters. The first-order valence-corrected chi connectivity index (χ1v) is 9.68. The maximum Gasteiger partial charge on any atom is 0.0198 e. The lowest BCUT2D eigenvalue weighted by Crippen LogP contribution is -2.52. The molecule has 2 heteroatoms. The fourth-order valence-corrected chi connectivity index (χ4v) is 4.53. The minimum Gasteiger partial charge on any atom is -0.313 e. The molecule has 122 valence electrons. The van der Waals surface area contributed by atoms with E-state index < -0.39 is 0 Å². The van der Waals surface area contributed by atoms with Crippen LogP contribution in [0.3, 0.4) is 0 Å². The largest absolute Gasteiger partial charge is 0.313 e. The first kappa shape index (κ1) is 15.8. The number of hydrogen-bond acceptors (Lipinski definition) is 2. The summed E-state index contributed by atoms with van der Waals surface area (Å²) in [7, 11) is 0. The van der Waals surface area contributed by atoms with Gasteiger partial charge in [0.15, 0.2) is 0 Å². The van der Waals surface area contributed by atoms with Crippen LogP contribution in [0.5, 0.6) is 0 Å². The Morgan fingerprint density at radius 3 is 2.43 bits per heavy atom. The molecule has 3 fully saturated rings. The summed E-state index contributed by atoms with van der Waals surface area (Å²) in [5.41, 5.74) is 0. The van der Waals surface area contributed by atoms with E-state index in [1.807, 2.05) is 0 Å². The second-order valence-corrected chi connectivity index (χ2v) is 8.51. The number of piperidine rings is 1. The highest BCUT2D eigenvalue weighted by molar-refractivity contribution is 4.90. The van der Waals surface area contributed by atoms with E-state index >= 15 is 0 Å². The topological polar surface area (TPSA) is 15.3 Å². The van der Waals surface area contributed by atoms with E-state index in [1.54, 1.807) is 0 Å². The van der Waals surface area contributed by atoms with Crippen molar-refractivity contribution in [1.82, 2.24) is 10.2 Å². The van der Waals surface area contributed by atoms with E-state index in [2.05, 4.69) is 24.1 Å². The SMILES string of the molecule is CC(C)CCNC1CC(CC2CC2)CN(C2CCCC2)C1. The second kappa shape index (κ2) is 7.46. The molecule has 1 aliphatic heterocycles. The van der Waals surface area contributed by atoms with Crippen LogP contribution in [0.25, 0.3) is 0 Å². The predicted molar refractivity (Wildman–Crippen MR) is 90.5 cm³/mol. The second-order valence-electron chi connectivity index (χ2n) is 8.51. The Bertz CT molecular complexity index is 305. The molecule has 1 heterocycles. The van der Waals surface area contributed by atoms with E-state index in [4.69, 9.17) is 0 Å². The molecule has 3 rings (SSSR count). The summed E-state index contributed by atoms with van der Waals surface area (Å²) < 4.78 is 0. The Hall–Kier alpha value is -0.0800. The summed E-state index contributed by atoms with van der Waals surface area (Å²) >= 11 is 0. The molecule has 2 saturated carbocycles. The predicted octanol–water partition coefficient (Wildman–Crippen LogP) is 4.06. The third-order valence-corrected chi connectivity index (χ3v) is 5.92. The lowest BCUT2D eigenvalue weighted by Gasteiger charge is -2.41. The van der Waals surface area contributed by atoms with E-state index in [1.165, 1.54) is 77.4 Å². The summed E-state index contributed by atoms with van der Waals surface area (Å²) in [6.45, 7) is 8.62. The van der Waals surface area contributed by atoms with Gasteiger partial charge in [0.05, 0.1) is 0 Å². The summed E-state index contributed by atoms with van der Waals surface area (Å²) in [6, 6.07) is 1.68. The summed E-state index contributed by atoms with van der Waals surface area (Å²) in [5.74, 6) is 2.90. The molecular weight excluding hydrogens is 256 g/mol. The van der Waals surface area contributed by atoms with E-state index in [0.717, 1.165) is 29.8 Å². The van der Waals surface area contributed by atoms with Crippen LogP contribution in [-0.4, -0.2) is 36.6 Å². The number of rotatable bonds is 7. The average molecular weight is 293 g/mol. The van der Waals surface area contributed by atoms with Crippen LogP contribution in [0.15, 0.2) is 0 Å². The van der Waals surface area contributed by atoms with Crippen molar-refractivity contribution in [3.63, 3.8) is 0 Å². The van der Waals surface area contributed by atoms with Gasteiger partial charge in [0.2, 0.25) is 0 Å². The molecule has 0 amide bonds. The van der Waals surface area contributed by atoms with Crippen molar-refractivity contribution < 1.29 is 0 Å². The Kier molecular flexibility index (Phi) is 5.61. The van der Waals surface area contributed by atoms with Gasteiger partial charge >= 0.3 is 0 Å². The Balaban J connectivity index is 1.51. The zero-order valence-corrected chi connectivity index (χ0v) is 14.3. The van der Waals surface area contributed by atoms with Crippen molar-refractivity contribution in [2.24, 2.45) is 17.8 Å². The first-order chi connectivity index (χ1) is 10.2. The van der Waals surface area contributed by atoms with Crippen molar-refractivity contribution in [3.05, 3.63) is 0 Å². The molecule has 2 unspecified atom stereocenters. The third kappa shape index (κ3) is 4.96. The molecule has 2 nitrogen and oxygen atoms in total. The van der Waals surface area contributed by atoms with Crippen LogP contribution in [0.1, 0.15) is 71.6 Å². The van der Waals surface area contributed by atoms with E-state index in [0.29, 0.717) is 0 Å². The van der Waals surface area contributed by atoms with Crippen LogP contribution < -0.4 is 5.32 Å². The van der Waals surface area contributed by atoms with E-state index in [-0.39, 0.29) is 0 Å². The Labute approximate surface area is 132 Å². The minimum atomic E-state index is 0.766. The maximum atomic E-state index is 3.89. The molecular formula is C19H36N2. The van der Waals surface area contributed by atoms with Crippen molar-refractivity contribution in [3.8, 4) is 0 Å². The van der Waals surface area contributed by atoms with Crippen molar-refractivity contribution in [2.45, 2.75) is 83.7 Å². The van der Waals surface area contributed by atoms with Gasteiger partial charge in [0, 0.05) is 25.2 Å². The van der Waals surface area contributed by atoms with Crippen molar-refractivity contribution in [2.75, 3.05) is 19.6 Å². The molecule has 0 radical (unpaired) electrons. The zero-order chi connectivity index (χ0) is 14.7. The van der Waals surface area contributed by atoms with Gasteiger partial charge < -0.3 is 5.32 Å². The highest BCUT2D eigenvalue weighted by Crippen LogP contribution is 2.38. The normalized spacial score (nSPS) is 32.1. The number of nitrogens with zero attached hydrogens (tertiary/aromatic N) is 1. The number of nitrogens with one attached hydrogen (secondary N) is 1. The smallest absolute Gasteiger partial charge is 0.0198 e. The van der Waals surface area contributed by atoms with Gasteiger partial charge in [-0.05, 0) is 56.4 Å². The molecule has 2 aliphatic carbocycles. The van der Waals surface area contributed by atoms with Crippen molar-refractivity contribution in [1.29, 1.82) is 0 Å². The maximum absolute atomic E-state index is 3.89. The van der Waals surface area contributed by atoms with Gasteiger partial charge in [-0.25, -0.2) is 0 Å². The van der Waals surface area contributed by atoms with Gasteiger partial charge in [-0.2, -0.15) is 0 Å². The fourth-order valence-electron chi connectivity index (χ4n) is 4.53. The molecule has 0 aromatic heterocycles. The van der Waals surface area contributed by atoms with Crippen LogP contribution >= 0.6 is 0 Å². The third-order valence-electron chi connectivity index (χ3n) is 5.92. The van der Waals surface area contributed by atoms with Crippen LogP contribution in [0.4, 0.5) is 0 Å². The van der Waals surface area contributed by atoms with Crippen molar-refractivity contribution >= 4 is 0 Å². The molecule has 1 N–H and O–H groups in total. The highest BCUT2D eigenvalue weighted by atomic mass is 15.2. The van der Waals surface area contributed by atoms with Gasteiger partial charge in [-0.1, -0.05) is 39.5 Å². The molecule has 0 aromatic rings. The summed E-state index contributed by atoms with van der Waals surface area (Å²) in [5, 5.41) is 3.89. The van der Waals surface area contributed by atoms with Gasteiger partial charge in [0.25, 0.3) is 0 Å². The molecule has 0 spiro atoms. The molecule has 1 saturated heterocycles. The van der Waals surface area contributed by atoms with Crippen LogP contribution in [-0.2, 0) is 0 Å². The molecule has 3 aliphatic rings. The summed E-state index contributed by atoms with van der Waals surface area (Å²) in [4.78, 5) is 2.87. The van der Waals surface area contributed by atoms with Crippen LogP contribution in [0, 0.1) is 17.8 Å².